The summed E-state index contributed by atoms with van der Waals surface area (Å²) in [7, 11) is 1.57. The zero-order chi connectivity index (χ0) is 23.5. The number of amides is 4. The first-order valence-electron chi connectivity index (χ1n) is 11.0. The van der Waals surface area contributed by atoms with Gasteiger partial charge in [-0.25, -0.2) is 4.79 Å². The van der Waals surface area contributed by atoms with Crippen LogP contribution >= 0.6 is 0 Å². The van der Waals surface area contributed by atoms with E-state index in [9.17, 15) is 14.4 Å². The van der Waals surface area contributed by atoms with Gasteiger partial charge >= 0.3 is 6.03 Å². The molecule has 2 heterocycles. The maximum atomic E-state index is 13.8. The topological polar surface area (TPSA) is 81.8 Å². The summed E-state index contributed by atoms with van der Waals surface area (Å²) in [5, 5.41) is 5.67. The van der Waals surface area contributed by atoms with Gasteiger partial charge in [-0.1, -0.05) is 66.2 Å². The van der Waals surface area contributed by atoms with E-state index in [4.69, 9.17) is 0 Å². The monoisotopic (exact) mass is 444 g/mol. The molecule has 4 rings (SSSR count). The molecule has 0 aromatic heterocycles. The smallest absolute Gasteiger partial charge is 0.322 e. The molecule has 2 unspecified atom stereocenters. The average molecular weight is 445 g/mol. The summed E-state index contributed by atoms with van der Waals surface area (Å²) in [6, 6.07) is 15.8. The van der Waals surface area contributed by atoms with Crippen molar-refractivity contribution in [2.45, 2.75) is 25.4 Å². The minimum atomic E-state index is -0.699. The van der Waals surface area contributed by atoms with Gasteiger partial charge in [0.1, 0.15) is 6.04 Å². The highest BCUT2D eigenvalue weighted by molar-refractivity contribution is 6.03. The van der Waals surface area contributed by atoms with Crippen LogP contribution < -0.4 is 10.6 Å². The second kappa shape index (κ2) is 9.32. The van der Waals surface area contributed by atoms with Gasteiger partial charge in [0.15, 0.2) is 0 Å². The number of carbonyl (C=O) groups excluding carboxylic acids is 3. The van der Waals surface area contributed by atoms with Gasteiger partial charge in [0.2, 0.25) is 5.91 Å². The summed E-state index contributed by atoms with van der Waals surface area (Å²) in [5.74, 6) is -0.484. The predicted molar refractivity (Wildman–Crippen MR) is 126 cm³/mol. The lowest BCUT2D eigenvalue weighted by Gasteiger charge is -2.33. The highest BCUT2D eigenvalue weighted by Crippen LogP contribution is 2.37. The van der Waals surface area contributed by atoms with Crippen LogP contribution in [-0.2, 0) is 16.0 Å². The number of urea groups is 1. The van der Waals surface area contributed by atoms with Crippen molar-refractivity contribution in [2.24, 2.45) is 0 Å². The van der Waals surface area contributed by atoms with Crippen LogP contribution in [0.5, 0.6) is 0 Å². The molecule has 7 nitrogen and oxygen atoms in total. The summed E-state index contributed by atoms with van der Waals surface area (Å²) in [6.07, 6.45) is 2.01. The van der Waals surface area contributed by atoms with E-state index in [0.717, 1.165) is 16.7 Å². The molecule has 0 saturated heterocycles. The summed E-state index contributed by atoms with van der Waals surface area (Å²) in [4.78, 5) is 42.7. The molecule has 0 bridgehead atoms. The van der Waals surface area contributed by atoms with Crippen molar-refractivity contribution in [3.63, 3.8) is 0 Å². The van der Waals surface area contributed by atoms with Gasteiger partial charge in [-0.3, -0.25) is 14.5 Å². The fraction of sp³-hybridized carbons (Fsp3) is 0.269. The summed E-state index contributed by atoms with van der Waals surface area (Å²) in [6.45, 7) is 6.20. The Morgan fingerprint density at radius 3 is 2.52 bits per heavy atom. The molecule has 2 aliphatic heterocycles. The van der Waals surface area contributed by atoms with Gasteiger partial charge in [0, 0.05) is 20.0 Å². The van der Waals surface area contributed by atoms with E-state index in [-0.39, 0.29) is 30.9 Å². The number of rotatable bonds is 7. The molecule has 0 fully saturated rings. The lowest BCUT2D eigenvalue weighted by molar-refractivity contribution is -0.136. The molecule has 2 aromatic rings. The van der Waals surface area contributed by atoms with Crippen molar-refractivity contribution in [2.75, 3.05) is 20.1 Å². The lowest BCUT2D eigenvalue weighted by atomic mass is 9.95. The zero-order valence-electron chi connectivity index (χ0n) is 18.9. The third-order valence-corrected chi connectivity index (χ3v) is 6.17. The van der Waals surface area contributed by atoms with Gasteiger partial charge in [-0.2, -0.15) is 0 Å². The number of benzene rings is 2. The first kappa shape index (κ1) is 22.3. The van der Waals surface area contributed by atoms with E-state index in [2.05, 4.69) is 17.2 Å². The van der Waals surface area contributed by atoms with Crippen molar-refractivity contribution < 1.29 is 14.4 Å². The van der Waals surface area contributed by atoms with Crippen LogP contribution in [0, 0.1) is 6.92 Å². The average Bonchev–Trinajstić information content (AvgIpc) is 3.16. The predicted octanol–water partition coefficient (Wildman–Crippen LogP) is 2.70. The second-order valence-electron chi connectivity index (χ2n) is 8.31. The SMILES string of the molecule is C=CCN1C(=O)NC(c2ccc(C)cc2)C2=C1CN(C(Cc1ccccc1)C(=O)NC)C2=O. The van der Waals surface area contributed by atoms with E-state index < -0.39 is 12.1 Å². The van der Waals surface area contributed by atoms with Crippen LogP contribution in [0.4, 0.5) is 4.79 Å². The van der Waals surface area contributed by atoms with E-state index in [0.29, 0.717) is 17.7 Å². The molecule has 2 N–H and O–H groups in total. The molecule has 2 atom stereocenters. The Balaban J connectivity index is 1.73. The van der Waals surface area contributed by atoms with Crippen molar-refractivity contribution in [1.82, 2.24) is 20.4 Å². The molecule has 0 spiro atoms. The number of hydrogen-bond acceptors (Lipinski definition) is 3. The third kappa shape index (κ3) is 4.26. The van der Waals surface area contributed by atoms with Gasteiger partial charge in [0.25, 0.3) is 5.91 Å². The second-order valence-corrected chi connectivity index (χ2v) is 8.31. The van der Waals surface area contributed by atoms with Gasteiger partial charge < -0.3 is 15.5 Å². The van der Waals surface area contributed by atoms with Crippen LogP contribution in [0.1, 0.15) is 22.7 Å². The van der Waals surface area contributed by atoms with E-state index in [1.165, 1.54) is 4.90 Å². The van der Waals surface area contributed by atoms with Crippen molar-refractivity contribution in [3.05, 3.63) is 95.2 Å². The van der Waals surface area contributed by atoms with Crippen LogP contribution in [0.25, 0.3) is 0 Å². The molecule has 2 aliphatic rings. The highest BCUT2D eigenvalue weighted by atomic mass is 16.2. The quantitative estimate of drug-likeness (QED) is 0.645. The molecule has 0 radical (unpaired) electrons. The first-order chi connectivity index (χ1) is 15.9. The third-order valence-electron chi connectivity index (χ3n) is 6.17. The van der Waals surface area contributed by atoms with Crippen molar-refractivity contribution >= 4 is 17.8 Å². The number of nitrogens with one attached hydrogen (secondary N) is 2. The molecule has 33 heavy (non-hydrogen) atoms. The normalized spacial score (nSPS) is 18.7. The fourth-order valence-corrected chi connectivity index (χ4v) is 4.44. The van der Waals surface area contributed by atoms with Gasteiger partial charge in [-0.15, -0.1) is 6.58 Å². The molecular weight excluding hydrogens is 416 g/mol. The minimum Gasteiger partial charge on any atom is -0.357 e. The van der Waals surface area contributed by atoms with Crippen molar-refractivity contribution in [1.29, 1.82) is 0 Å². The zero-order valence-corrected chi connectivity index (χ0v) is 18.9. The van der Waals surface area contributed by atoms with Crippen LogP contribution in [0.15, 0.2) is 78.5 Å². The largest absolute Gasteiger partial charge is 0.357 e. The Kier molecular flexibility index (Phi) is 6.31. The first-order valence-corrected chi connectivity index (χ1v) is 11.0. The van der Waals surface area contributed by atoms with Gasteiger partial charge in [-0.05, 0) is 18.1 Å². The summed E-state index contributed by atoms with van der Waals surface area (Å²) in [5.41, 5.74) is 3.99. The lowest BCUT2D eigenvalue weighted by Crippen LogP contribution is -2.49. The maximum Gasteiger partial charge on any atom is 0.322 e. The molecule has 170 valence electrons. The molecule has 7 heteroatoms. The molecule has 0 saturated carbocycles. The minimum absolute atomic E-state index is 0.183. The molecule has 4 amide bonds. The van der Waals surface area contributed by atoms with Crippen molar-refractivity contribution in [3.8, 4) is 0 Å². The number of hydrogen-bond donors (Lipinski definition) is 2. The Hall–Kier alpha value is -3.87. The molecule has 2 aromatic carbocycles. The Labute approximate surface area is 193 Å². The summed E-state index contributed by atoms with van der Waals surface area (Å²) >= 11 is 0. The highest BCUT2D eigenvalue weighted by Gasteiger charge is 2.46. The number of likely N-dealkylation sites (N-methyl/N-ethyl adjacent to an activating group) is 1. The number of nitrogens with zero attached hydrogens (tertiary/aromatic N) is 2. The van der Waals surface area contributed by atoms with Crippen LogP contribution in [-0.4, -0.2) is 53.8 Å². The Morgan fingerprint density at radius 2 is 1.88 bits per heavy atom. The molecular formula is C26H28N4O3. The number of aryl methyl sites for hydroxylation is 1. The number of carbonyl (C=O) groups is 3. The maximum absolute atomic E-state index is 13.8. The van der Waals surface area contributed by atoms with Gasteiger partial charge in [0.05, 0.1) is 23.9 Å². The Morgan fingerprint density at radius 1 is 1.18 bits per heavy atom. The van der Waals surface area contributed by atoms with E-state index in [1.54, 1.807) is 18.0 Å². The molecule has 0 aliphatic carbocycles. The van der Waals surface area contributed by atoms with E-state index in [1.807, 2.05) is 61.5 Å². The summed E-state index contributed by atoms with van der Waals surface area (Å²) < 4.78 is 0. The Bertz CT molecular complexity index is 1110. The van der Waals surface area contributed by atoms with Crippen LogP contribution in [0.2, 0.25) is 0 Å². The fourth-order valence-electron chi connectivity index (χ4n) is 4.44. The standard InChI is InChI=1S/C26H28N4O3/c1-4-14-29-21-16-30(20(24(31)27-3)15-18-8-6-5-7-9-18)25(32)22(21)23(28-26(29)33)19-12-10-17(2)11-13-19/h4-13,20,23H,1,14-16H2,2-3H3,(H,27,31)(H,28,33). The van der Waals surface area contributed by atoms with Crippen LogP contribution in [0.3, 0.4) is 0 Å². The van der Waals surface area contributed by atoms with E-state index >= 15 is 0 Å².